The molecular weight excluding hydrogens is 206 g/mol. The minimum atomic E-state index is 0.116. The quantitative estimate of drug-likeness (QED) is 0.790. The monoisotopic (exact) mass is 217 g/mol. The molecule has 16 heavy (non-hydrogen) atoms. The predicted molar refractivity (Wildman–Crippen MR) is 56.3 cm³/mol. The zero-order valence-electron chi connectivity index (χ0n) is 8.61. The number of hydrogen-bond donors (Lipinski definition) is 1. The van der Waals surface area contributed by atoms with Gasteiger partial charge in [0.1, 0.15) is 5.69 Å². The first-order valence-electron chi connectivity index (χ1n) is 4.98. The van der Waals surface area contributed by atoms with Crippen LogP contribution in [0.2, 0.25) is 0 Å². The number of nitrogens with zero attached hydrogens (tertiary/aromatic N) is 5. The molecule has 0 radical (unpaired) electrons. The summed E-state index contributed by atoms with van der Waals surface area (Å²) in [5.41, 5.74) is 0.649. The summed E-state index contributed by atoms with van der Waals surface area (Å²) in [5.74, 6) is 0.946. The molecule has 2 heterocycles. The van der Waals surface area contributed by atoms with Crippen LogP contribution < -0.4 is 0 Å². The second-order valence-corrected chi connectivity index (χ2v) is 3.18. The first-order chi connectivity index (χ1) is 7.90. The summed E-state index contributed by atoms with van der Waals surface area (Å²) in [5, 5.41) is 24.4. The van der Waals surface area contributed by atoms with E-state index in [1.165, 1.54) is 0 Å². The van der Waals surface area contributed by atoms with Crippen LogP contribution in [-0.2, 0) is 6.42 Å². The standard InChI is InChI=1S/C10H11N5O/c16-7-3-5-9-12-14-10(15-13-9)8-4-1-2-6-11-8/h1-2,4,6,16H,3,5,7H2. The molecule has 0 saturated heterocycles. The summed E-state index contributed by atoms with van der Waals surface area (Å²) in [4.78, 5) is 4.10. The normalized spacial score (nSPS) is 10.3. The highest BCUT2D eigenvalue weighted by atomic mass is 16.2. The van der Waals surface area contributed by atoms with Crippen molar-refractivity contribution >= 4 is 0 Å². The fourth-order valence-corrected chi connectivity index (χ4v) is 1.18. The number of rotatable bonds is 4. The van der Waals surface area contributed by atoms with E-state index in [9.17, 15) is 0 Å². The minimum Gasteiger partial charge on any atom is -0.396 e. The average Bonchev–Trinajstić information content (AvgIpc) is 2.38. The smallest absolute Gasteiger partial charge is 0.221 e. The van der Waals surface area contributed by atoms with Crippen molar-refractivity contribution in [1.29, 1.82) is 0 Å². The van der Waals surface area contributed by atoms with Gasteiger partial charge in [-0.15, -0.1) is 20.4 Å². The van der Waals surface area contributed by atoms with E-state index in [-0.39, 0.29) is 6.61 Å². The molecule has 2 aromatic heterocycles. The molecule has 0 bridgehead atoms. The van der Waals surface area contributed by atoms with Crippen LogP contribution in [-0.4, -0.2) is 37.1 Å². The summed E-state index contributed by atoms with van der Waals surface area (Å²) < 4.78 is 0. The van der Waals surface area contributed by atoms with Crippen LogP contribution in [0.5, 0.6) is 0 Å². The van der Waals surface area contributed by atoms with Crippen molar-refractivity contribution in [3.63, 3.8) is 0 Å². The molecule has 6 heteroatoms. The number of pyridine rings is 1. The minimum absolute atomic E-state index is 0.116. The third-order valence-corrected chi connectivity index (χ3v) is 1.97. The fraction of sp³-hybridized carbons (Fsp3) is 0.300. The molecule has 0 aliphatic rings. The molecule has 0 unspecified atom stereocenters. The lowest BCUT2D eigenvalue weighted by Gasteiger charge is -1.98. The number of hydrogen-bond acceptors (Lipinski definition) is 6. The van der Waals surface area contributed by atoms with Crippen LogP contribution in [0, 0.1) is 0 Å². The first-order valence-corrected chi connectivity index (χ1v) is 4.98. The molecule has 0 spiro atoms. The number of aliphatic hydroxyl groups is 1. The molecule has 2 rings (SSSR count). The molecule has 0 saturated carbocycles. The van der Waals surface area contributed by atoms with E-state index >= 15 is 0 Å². The lowest BCUT2D eigenvalue weighted by molar-refractivity contribution is 0.287. The summed E-state index contributed by atoms with van der Waals surface area (Å²) in [6.07, 6.45) is 2.86. The van der Waals surface area contributed by atoms with Crippen molar-refractivity contribution in [2.24, 2.45) is 0 Å². The Kier molecular flexibility index (Phi) is 3.45. The van der Waals surface area contributed by atoms with Crippen LogP contribution in [0.25, 0.3) is 11.5 Å². The van der Waals surface area contributed by atoms with Gasteiger partial charge in [0.25, 0.3) is 0 Å². The Labute approximate surface area is 92.4 Å². The van der Waals surface area contributed by atoms with Crippen molar-refractivity contribution in [2.75, 3.05) is 6.61 Å². The Bertz CT molecular complexity index is 431. The maximum Gasteiger partial charge on any atom is 0.221 e. The van der Waals surface area contributed by atoms with E-state index in [1.54, 1.807) is 12.3 Å². The highest BCUT2D eigenvalue weighted by Crippen LogP contribution is 2.07. The first kappa shape index (κ1) is 10.6. The van der Waals surface area contributed by atoms with E-state index in [1.807, 2.05) is 12.1 Å². The Morgan fingerprint density at radius 1 is 1.06 bits per heavy atom. The topological polar surface area (TPSA) is 84.7 Å². The molecule has 2 aromatic rings. The van der Waals surface area contributed by atoms with E-state index < -0.39 is 0 Å². The molecule has 0 aliphatic heterocycles. The van der Waals surface area contributed by atoms with Gasteiger partial charge in [0.05, 0.1) is 0 Å². The van der Waals surface area contributed by atoms with Crippen molar-refractivity contribution in [1.82, 2.24) is 25.4 Å². The second-order valence-electron chi connectivity index (χ2n) is 3.18. The van der Waals surface area contributed by atoms with Gasteiger partial charge in [0.2, 0.25) is 5.82 Å². The van der Waals surface area contributed by atoms with Gasteiger partial charge in [-0.1, -0.05) is 6.07 Å². The van der Waals surface area contributed by atoms with Crippen molar-refractivity contribution in [3.05, 3.63) is 30.2 Å². The maximum absolute atomic E-state index is 8.65. The summed E-state index contributed by atoms with van der Waals surface area (Å²) in [6, 6.07) is 5.47. The lowest BCUT2D eigenvalue weighted by atomic mass is 10.3. The molecule has 0 atom stereocenters. The van der Waals surface area contributed by atoms with Gasteiger partial charge >= 0.3 is 0 Å². The summed E-state index contributed by atoms with van der Waals surface area (Å²) >= 11 is 0. The van der Waals surface area contributed by atoms with Gasteiger partial charge in [-0.25, -0.2) is 0 Å². The van der Waals surface area contributed by atoms with E-state index in [2.05, 4.69) is 25.4 Å². The molecule has 0 aliphatic carbocycles. The van der Waals surface area contributed by atoms with E-state index in [4.69, 9.17) is 5.11 Å². The Balaban J connectivity index is 2.13. The molecule has 0 aromatic carbocycles. The van der Waals surface area contributed by atoms with Crippen LogP contribution in [0.4, 0.5) is 0 Å². The number of aromatic nitrogens is 5. The lowest BCUT2D eigenvalue weighted by Crippen LogP contribution is -2.04. The zero-order chi connectivity index (χ0) is 11.2. The number of aryl methyl sites for hydroxylation is 1. The third kappa shape index (κ3) is 2.54. The fourth-order valence-electron chi connectivity index (χ4n) is 1.18. The molecule has 1 N–H and O–H groups in total. The summed E-state index contributed by atoms with van der Waals surface area (Å²) in [7, 11) is 0. The van der Waals surface area contributed by atoms with Gasteiger partial charge in [0, 0.05) is 19.2 Å². The molecule has 0 amide bonds. The molecule has 82 valence electrons. The van der Waals surface area contributed by atoms with E-state index in [0.29, 0.717) is 30.2 Å². The van der Waals surface area contributed by atoms with Crippen LogP contribution in [0.1, 0.15) is 12.2 Å². The summed E-state index contributed by atoms with van der Waals surface area (Å²) in [6.45, 7) is 0.116. The van der Waals surface area contributed by atoms with Gasteiger partial charge in [0.15, 0.2) is 5.82 Å². The Hall–Kier alpha value is -1.95. The Morgan fingerprint density at radius 3 is 2.50 bits per heavy atom. The maximum atomic E-state index is 8.65. The highest BCUT2D eigenvalue weighted by Gasteiger charge is 2.04. The molecule has 0 fully saturated rings. The van der Waals surface area contributed by atoms with Gasteiger partial charge < -0.3 is 5.11 Å². The molecule has 6 nitrogen and oxygen atoms in total. The third-order valence-electron chi connectivity index (χ3n) is 1.97. The van der Waals surface area contributed by atoms with Crippen molar-refractivity contribution < 1.29 is 5.11 Å². The van der Waals surface area contributed by atoms with Gasteiger partial charge in [-0.05, 0) is 18.6 Å². The molecular formula is C10H11N5O. The van der Waals surface area contributed by atoms with Crippen LogP contribution in [0.15, 0.2) is 24.4 Å². The number of aliphatic hydroxyl groups excluding tert-OH is 1. The van der Waals surface area contributed by atoms with Gasteiger partial charge in [-0.3, -0.25) is 4.98 Å². The van der Waals surface area contributed by atoms with Gasteiger partial charge in [-0.2, -0.15) is 0 Å². The highest BCUT2D eigenvalue weighted by molar-refractivity contribution is 5.46. The van der Waals surface area contributed by atoms with Crippen LogP contribution in [0.3, 0.4) is 0 Å². The van der Waals surface area contributed by atoms with Crippen molar-refractivity contribution in [3.8, 4) is 11.5 Å². The predicted octanol–water partition coefficient (Wildman–Crippen LogP) is 0.253. The Morgan fingerprint density at radius 2 is 1.88 bits per heavy atom. The van der Waals surface area contributed by atoms with Crippen LogP contribution >= 0.6 is 0 Å². The average molecular weight is 217 g/mol. The SMILES string of the molecule is OCCCc1nnc(-c2ccccn2)nn1. The van der Waals surface area contributed by atoms with Crippen molar-refractivity contribution in [2.45, 2.75) is 12.8 Å². The van der Waals surface area contributed by atoms with E-state index in [0.717, 1.165) is 0 Å². The zero-order valence-corrected chi connectivity index (χ0v) is 8.61. The largest absolute Gasteiger partial charge is 0.396 e. The second kappa shape index (κ2) is 5.22.